The molecule has 0 saturated heterocycles. The molecule has 1 atom stereocenters. The molecule has 1 rings (SSSR count). The van der Waals surface area contributed by atoms with Crippen LogP contribution >= 0.6 is 0 Å². The Hall–Kier alpha value is -1.15. The number of hydrogen-bond donors (Lipinski definition) is 1. The van der Waals surface area contributed by atoms with Gasteiger partial charge < -0.3 is 5.32 Å². The Bertz CT molecular complexity index is 351. The Labute approximate surface area is 104 Å². The van der Waals surface area contributed by atoms with Crippen molar-refractivity contribution in [1.29, 1.82) is 0 Å². The minimum absolute atomic E-state index is 0.0374. The predicted octanol–water partition coefficient (Wildman–Crippen LogP) is 2.96. The van der Waals surface area contributed by atoms with Gasteiger partial charge >= 0.3 is 0 Å². The van der Waals surface area contributed by atoms with E-state index < -0.39 is 0 Å². The zero-order valence-electron chi connectivity index (χ0n) is 11.3. The van der Waals surface area contributed by atoms with E-state index in [-0.39, 0.29) is 17.4 Å². The number of benzene rings is 1. The van der Waals surface area contributed by atoms with E-state index in [1.807, 2.05) is 25.1 Å². The van der Waals surface area contributed by atoms with Crippen molar-refractivity contribution in [2.45, 2.75) is 52.1 Å². The number of carbonyl (C=O) groups excluding carboxylic acids is 1. The van der Waals surface area contributed by atoms with Crippen LogP contribution in [0.1, 0.15) is 39.7 Å². The molecule has 94 valence electrons. The Morgan fingerprint density at radius 2 is 1.82 bits per heavy atom. The Morgan fingerprint density at radius 3 is 2.29 bits per heavy atom. The van der Waals surface area contributed by atoms with Gasteiger partial charge in [0.25, 0.3) is 0 Å². The van der Waals surface area contributed by atoms with Gasteiger partial charge in [0.2, 0.25) is 0 Å². The Balaban J connectivity index is 2.74. The van der Waals surface area contributed by atoms with Gasteiger partial charge in [-0.1, -0.05) is 37.3 Å². The third-order valence-electron chi connectivity index (χ3n) is 2.63. The molecule has 0 radical (unpaired) electrons. The van der Waals surface area contributed by atoms with Crippen molar-refractivity contribution >= 4 is 5.78 Å². The number of nitrogens with one attached hydrogen (secondary N) is 1. The van der Waals surface area contributed by atoms with Crippen molar-refractivity contribution < 1.29 is 4.79 Å². The molecule has 0 aromatic heterocycles. The average molecular weight is 233 g/mol. The molecule has 2 heteroatoms. The lowest BCUT2D eigenvalue weighted by atomic mass is 9.97. The van der Waals surface area contributed by atoms with Gasteiger partial charge in [-0.3, -0.25) is 4.79 Å². The molecule has 1 aromatic rings. The van der Waals surface area contributed by atoms with E-state index in [1.165, 1.54) is 5.56 Å². The van der Waals surface area contributed by atoms with Gasteiger partial charge in [-0.15, -0.1) is 0 Å². The first kappa shape index (κ1) is 13.9. The van der Waals surface area contributed by atoms with E-state index in [4.69, 9.17) is 0 Å². The largest absolute Gasteiger partial charge is 0.302 e. The summed E-state index contributed by atoms with van der Waals surface area (Å²) in [5, 5.41) is 3.41. The number of rotatable bonds is 5. The summed E-state index contributed by atoms with van der Waals surface area (Å²) in [6.07, 6.45) is 1.35. The predicted molar refractivity (Wildman–Crippen MR) is 72.1 cm³/mol. The van der Waals surface area contributed by atoms with E-state index in [1.54, 1.807) is 0 Å². The zero-order valence-corrected chi connectivity index (χ0v) is 11.3. The summed E-state index contributed by atoms with van der Waals surface area (Å²) in [6, 6.07) is 10.1. The zero-order chi connectivity index (χ0) is 12.9. The summed E-state index contributed by atoms with van der Waals surface area (Å²) in [5.74, 6) is 0.281. The SMILES string of the molecule is CCC(=O)[C@@H](Cc1ccccc1)NC(C)(C)C. The molecule has 1 aromatic carbocycles. The molecule has 0 unspecified atom stereocenters. The van der Waals surface area contributed by atoms with E-state index in [0.29, 0.717) is 6.42 Å². The van der Waals surface area contributed by atoms with Crippen LogP contribution in [0.25, 0.3) is 0 Å². The first-order chi connectivity index (χ1) is 7.92. The third-order valence-corrected chi connectivity index (χ3v) is 2.63. The molecule has 17 heavy (non-hydrogen) atoms. The lowest BCUT2D eigenvalue weighted by Gasteiger charge is -2.27. The first-order valence-corrected chi connectivity index (χ1v) is 6.26. The van der Waals surface area contributed by atoms with Crippen molar-refractivity contribution in [3.63, 3.8) is 0 Å². The summed E-state index contributed by atoms with van der Waals surface area (Å²) in [7, 11) is 0. The maximum Gasteiger partial charge on any atom is 0.149 e. The van der Waals surface area contributed by atoms with Gasteiger partial charge in [-0.05, 0) is 32.8 Å². The minimum Gasteiger partial charge on any atom is -0.302 e. The van der Waals surface area contributed by atoms with E-state index in [0.717, 1.165) is 6.42 Å². The fourth-order valence-electron chi connectivity index (χ4n) is 1.86. The summed E-state index contributed by atoms with van der Waals surface area (Å²) < 4.78 is 0. The van der Waals surface area contributed by atoms with Gasteiger partial charge in [0.1, 0.15) is 5.78 Å². The topological polar surface area (TPSA) is 29.1 Å². The lowest BCUT2D eigenvalue weighted by Crippen LogP contribution is -2.48. The maximum atomic E-state index is 11.9. The second kappa shape index (κ2) is 5.97. The molecule has 0 bridgehead atoms. The fraction of sp³-hybridized carbons (Fsp3) is 0.533. The summed E-state index contributed by atoms with van der Waals surface area (Å²) in [5.41, 5.74) is 1.17. The number of carbonyl (C=O) groups is 1. The summed E-state index contributed by atoms with van der Waals surface area (Å²) >= 11 is 0. The standard InChI is InChI=1S/C15H23NO/c1-5-14(17)13(16-15(2,3)4)11-12-9-7-6-8-10-12/h6-10,13,16H,5,11H2,1-4H3/t13-/m1/s1. The molecular formula is C15H23NO. The van der Waals surface area contributed by atoms with Gasteiger partial charge in [0.15, 0.2) is 0 Å². The molecule has 2 nitrogen and oxygen atoms in total. The van der Waals surface area contributed by atoms with Crippen molar-refractivity contribution in [2.75, 3.05) is 0 Å². The van der Waals surface area contributed by atoms with Crippen LogP contribution in [0.15, 0.2) is 30.3 Å². The van der Waals surface area contributed by atoms with Crippen LogP contribution < -0.4 is 5.32 Å². The molecule has 0 spiro atoms. The van der Waals surface area contributed by atoms with Crippen molar-refractivity contribution in [1.82, 2.24) is 5.32 Å². The van der Waals surface area contributed by atoms with E-state index in [9.17, 15) is 4.79 Å². The second-order valence-electron chi connectivity index (χ2n) is 5.46. The summed E-state index contributed by atoms with van der Waals surface area (Å²) in [4.78, 5) is 11.9. The van der Waals surface area contributed by atoms with Gasteiger partial charge in [-0.2, -0.15) is 0 Å². The smallest absolute Gasteiger partial charge is 0.149 e. The van der Waals surface area contributed by atoms with Crippen LogP contribution in [0.5, 0.6) is 0 Å². The second-order valence-corrected chi connectivity index (χ2v) is 5.46. The number of hydrogen-bond acceptors (Lipinski definition) is 2. The van der Waals surface area contributed by atoms with Crippen LogP contribution in [-0.4, -0.2) is 17.4 Å². The quantitative estimate of drug-likeness (QED) is 0.847. The average Bonchev–Trinajstić information content (AvgIpc) is 2.27. The van der Waals surface area contributed by atoms with Crippen molar-refractivity contribution in [3.8, 4) is 0 Å². The molecule has 0 fully saturated rings. The Kier molecular flexibility index (Phi) is 4.88. The monoisotopic (exact) mass is 233 g/mol. The maximum absolute atomic E-state index is 11.9. The van der Waals surface area contributed by atoms with Gasteiger partial charge in [0.05, 0.1) is 6.04 Å². The molecule has 0 aliphatic heterocycles. The highest BCUT2D eigenvalue weighted by Gasteiger charge is 2.22. The van der Waals surface area contributed by atoms with Gasteiger partial charge in [0, 0.05) is 12.0 Å². The molecule has 0 amide bonds. The minimum atomic E-state index is -0.0811. The van der Waals surface area contributed by atoms with Crippen molar-refractivity contribution in [2.24, 2.45) is 0 Å². The molecule has 0 heterocycles. The normalized spacial score (nSPS) is 13.4. The van der Waals surface area contributed by atoms with Crippen LogP contribution in [0.4, 0.5) is 0 Å². The van der Waals surface area contributed by atoms with Crippen LogP contribution in [0.2, 0.25) is 0 Å². The lowest BCUT2D eigenvalue weighted by molar-refractivity contribution is -0.121. The van der Waals surface area contributed by atoms with E-state index in [2.05, 4.69) is 38.2 Å². The summed E-state index contributed by atoms with van der Waals surface area (Å²) in [6.45, 7) is 8.19. The third kappa shape index (κ3) is 5.14. The molecule has 0 aliphatic rings. The first-order valence-electron chi connectivity index (χ1n) is 6.26. The number of Topliss-reactive ketones (excluding diaryl/α,β-unsaturated/α-hetero) is 1. The highest BCUT2D eigenvalue weighted by atomic mass is 16.1. The fourth-order valence-corrected chi connectivity index (χ4v) is 1.86. The van der Waals surface area contributed by atoms with Crippen molar-refractivity contribution in [3.05, 3.63) is 35.9 Å². The Morgan fingerprint density at radius 1 is 1.24 bits per heavy atom. The highest BCUT2D eigenvalue weighted by Crippen LogP contribution is 2.09. The number of ketones is 1. The molecular weight excluding hydrogens is 210 g/mol. The van der Waals surface area contributed by atoms with Gasteiger partial charge in [-0.25, -0.2) is 0 Å². The van der Waals surface area contributed by atoms with Crippen LogP contribution in [0.3, 0.4) is 0 Å². The highest BCUT2D eigenvalue weighted by molar-refractivity contribution is 5.84. The van der Waals surface area contributed by atoms with Crippen LogP contribution in [0, 0.1) is 0 Å². The molecule has 1 N–H and O–H groups in total. The van der Waals surface area contributed by atoms with Crippen LogP contribution in [-0.2, 0) is 11.2 Å². The van der Waals surface area contributed by atoms with E-state index >= 15 is 0 Å². The molecule has 0 aliphatic carbocycles. The molecule has 0 saturated carbocycles.